The van der Waals surface area contributed by atoms with Gasteiger partial charge in [0.1, 0.15) is 23.3 Å². The molecule has 0 aliphatic carbocycles. The average molecular weight is 496 g/mol. The molecule has 0 spiro atoms. The number of hydrogen-bond donors (Lipinski definition) is 3. The standard InChI is InChI=1S/C28H34NO5P/c1-18(2)25-15-22(11-12-27(25)30)16-26-19(3)13-24(14-20(26)4)33-17-35(29-21(5)28(31)32)34-23-9-7-6-8-10-23/h6-15,18,21,29-30H,16-17H2,1-5H3,(H,31,32). The van der Waals surface area contributed by atoms with Crippen LogP contribution < -0.4 is 14.3 Å². The molecule has 3 rings (SSSR count). The largest absolute Gasteiger partial charge is 0.508 e. The number of nitrogens with one attached hydrogen (secondary N) is 1. The van der Waals surface area contributed by atoms with E-state index in [9.17, 15) is 15.0 Å². The second-order valence-corrected chi connectivity index (χ2v) is 10.5. The van der Waals surface area contributed by atoms with Crippen molar-refractivity contribution >= 4 is 14.3 Å². The SMILES string of the molecule is Cc1cc(OCP(NC(C)C(=O)O)Oc2ccccc2)cc(C)c1Cc1ccc(O)c(C(C)C)c1. The number of benzene rings is 3. The van der Waals surface area contributed by atoms with E-state index >= 15 is 0 Å². The predicted molar refractivity (Wildman–Crippen MR) is 141 cm³/mol. The van der Waals surface area contributed by atoms with Gasteiger partial charge in [0, 0.05) is 0 Å². The number of aryl methyl sites for hydroxylation is 2. The van der Waals surface area contributed by atoms with Crippen molar-refractivity contribution in [3.63, 3.8) is 0 Å². The van der Waals surface area contributed by atoms with Crippen LogP contribution in [0.2, 0.25) is 0 Å². The van der Waals surface area contributed by atoms with E-state index in [1.165, 1.54) is 5.56 Å². The lowest BCUT2D eigenvalue weighted by atomic mass is 9.93. The minimum absolute atomic E-state index is 0.204. The van der Waals surface area contributed by atoms with Gasteiger partial charge in [0.15, 0.2) is 6.35 Å². The molecule has 6 nitrogen and oxygen atoms in total. The van der Waals surface area contributed by atoms with Crippen molar-refractivity contribution in [2.75, 3.05) is 6.35 Å². The minimum Gasteiger partial charge on any atom is -0.508 e. The number of aliphatic carboxylic acids is 1. The maximum atomic E-state index is 11.4. The van der Waals surface area contributed by atoms with E-state index in [2.05, 4.69) is 38.8 Å². The normalized spacial score (nSPS) is 12.9. The Morgan fingerprint density at radius 2 is 1.63 bits per heavy atom. The average Bonchev–Trinajstić information content (AvgIpc) is 2.81. The van der Waals surface area contributed by atoms with Crippen LogP contribution in [0.25, 0.3) is 0 Å². The van der Waals surface area contributed by atoms with Crippen molar-refractivity contribution in [2.45, 2.75) is 53.0 Å². The van der Waals surface area contributed by atoms with Gasteiger partial charge in [-0.2, -0.15) is 0 Å². The predicted octanol–water partition coefficient (Wildman–Crippen LogP) is 6.51. The Morgan fingerprint density at radius 1 is 0.971 bits per heavy atom. The highest BCUT2D eigenvalue weighted by Gasteiger charge is 2.20. The molecule has 0 amide bonds. The summed E-state index contributed by atoms with van der Waals surface area (Å²) in [6.07, 6.45) is 0.967. The summed E-state index contributed by atoms with van der Waals surface area (Å²) in [5.41, 5.74) is 5.54. The number of phenols is 1. The van der Waals surface area contributed by atoms with Gasteiger partial charge in [-0.05, 0) is 91.3 Å². The summed E-state index contributed by atoms with van der Waals surface area (Å²) in [6, 6.07) is 18.4. The number of carbonyl (C=O) groups is 1. The first kappa shape index (κ1) is 26.5. The first-order valence-corrected chi connectivity index (χ1v) is 13.1. The molecule has 186 valence electrons. The van der Waals surface area contributed by atoms with Crippen molar-refractivity contribution in [3.8, 4) is 17.2 Å². The molecule has 2 unspecified atom stereocenters. The van der Waals surface area contributed by atoms with Gasteiger partial charge in [-0.3, -0.25) is 4.79 Å². The monoisotopic (exact) mass is 495 g/mol. The fourth-order valence-corrected chi connectivity index (χ4v) is 5.16. The summed E-state index contributed by atoms with van der Waals surface area (Å²) in [5, 5.41) is 22.5. The lowest BCUT2D eigenvalue weighted by Crippen LogP contribution is -2.32. The summed E-state index contributed by atoms with van der Waals surface area (Å²) in [6.45, 7) is 9.86. The highest BCUT2D eigenvalue weighted by atomic mass is 31.2. The van der Waals surface area contributed by atoms with E-state index in [-0.39, 0.29) is 12.3 Å². The van der Waals surface area contributed by atoms with E-state index in [1.54, 1.807) is 13.0 Å². The van der Waals surface area contributed by atoms with E-state index in [0.717, 1.165) is 28.7 Å². The Kier molecular flexibility index (Phi) is 9.13. The molecule has 0 heterocycles. The van der Waals surface area contributed by atoms with Crippen LogP contribution in [0.1, 0.15) is 54.5 Å². The Bertz CT molecular complexity index is 1130. The van der Waals surface area contributed by atoms with Crippen LogP contribution >= 0.6 is 8.30 Å². The number of aromatic hydroxyl groups is 1. The van der Waals surface area contributed by atoms with Crippen LogP contribution in [0.3, 0.4) is 0 Å². The molecule has 0 saturated carbocycles. The molecule has 3 aromatic rings. The highest BCUT2D eigenvalue weighted by molar-refractivity contribution is 7.50. The topological polar surface area (TPSA) is 88.0 Å². The third-order valence-corrected chi connectivity index (χ3v) is 7.25. The summed E-state index contributed by atoms with van der Waals surface area (Å²) >= 11 is 0. The second-order valence-electron chi connectivity index (χ2n) is 9.01. The Balaban J connectivity index is 1.74. The zero-order valence-electron chi connectivity index (χ0n) is 20.9. The van der Waals surface area contributed by atoms with Gasteiger partial charge in [-0.25, -0.2) is 5.09 Å². The molecule has 0 aliphatic heterocycles. The smallest absolute Gasteiger partial charge is 0.320 e. The van der Waals surface area contributed by atoms with Crippen molar-refractivity contribution in [1.82, 2.24) is 5.09 Å². The molecule has 35 heavy (non-hydrogen) atoms. The fraction of sp³-hybridized carbons (Fsp3) is 0.321. The third-order valence-electron chi connectivity index (χ3n) is 5.78. The van der Waals surface area contributed by atoms with Crippen molar-refractivity contribution in [1.29, 1.82) is 0 Å². The van der Waals surface area contributed by atoms with Crippen LogP contribution in [-0.4, -0.2) is 28.6 Å². The van der Waals surface area contributed by atoms with Crippen LogP contribution in [-0.2, 0) is 11.2 Å². The molecule has 2 atom stereocenters. The van der Waals surface area contributed by atoms with Crippen LogP contribution in [0.4, 0.5) is 0 Å². The van der Waals surface area contributed by atoms with E-state index in [0.29, 0.717) is 17.2 Å². The van der Waals surface area contributed by atoms with Gasteiger partial charge in [0.25, 0.3) is 0 Å². The molecule has 0 aliphatic rings. The lowest BCUT2D eigenvalue weighted by Gasteiger charge is -2.22. The molecule has 7 heteroatoms. The fourth-order valence-electron chi connectivity index (χ4n) is 3.80. The number of phenolic OH excluding ortho intramolecular Hbond substituents is 1. The molecule has 0 bridgehead atoms. The zero-order valence-corrected chi connectivity index (χ0v) is 21.8. The van der Waals surface area contributed by atoms with Gasteiger partial charge in [-0.15, -0.1) is 0 Å². The Hall–Kier alpha value is -3.08. The molecule has 0 radical (unpaired) electrons. The van der Waals surface area contributed by atoms with E-state index < -0.39 is 20.3 Å². The van der Waals surface area contributed by atoms with Crippen molar-refractivity contribution in [3.05, 3.63) is 88.5 Å². The maximum absolute atomic E-state index is 11.4. The summed E-state index contributed by atoms with van der Waals surface area (Å²) in [7, 11) is -1.39. The highest BCUT2D eigenvalue weighted by Crippen LogP contribution is 2.36. The number of para-hydroxylation sites is 1. The lowest BCUT2D eigenvalue weighted by molar-refractivity contribution is -0.138. The molecular weight excluding hydrogens is 461 g/mol. The number of carboxylic acids is 1. The van der Waals surface area contributed by atoms with E-state index in [1.807, 2.05) is 48.5 Å². The van der Waals surface area contributed by atoms with Gasteiger partial charge in [0.2, 0.25) is 8.30 Å². The van der Waals surface area contributed by atoms with Gasteiger partial charge < -0.3 is 19.5 Å². The van der Waals surface area contributed by atoms with Crippen LogP contribution in [0.15, 0.2) is 60.7 Å². The van der Waals surface area contributed by atoms with E-state index in [4.69, 9.17) is 9.26 Å². The summed E-state index contributed by atoms with van der Waals surface area (Å²) < 4.78 is 12.1. The van der Waals surface area contributed by atoms with Gasteiger partial charge in [0.05, 0.1) is 0 Å². The van der Waals surface area contributed by atoms with Crippen molar-refractivity contribution < 1.29 is 24.3 Å². The number of rotatable bonds is 11. The minimum atomic E-state index is -1.39. The molecule has 0 aromatic heterocycles. The quantitative estimate of drug-likeness (QED) is 0.263. The summed E-state index contributed by atoms with van der Waals surface area (Å²) in [4.78, 5) is 11.4. The van der Waals surface area contributed by atoms with Crippen LogP contribution in [0, 0.1) is 13.8 Å². The first-order valence-electron chi connectivity index (χ1n) is 11.7. The number of carboxylic acid groups (broad SMARTS) is 1. The molecular formula is C28H34NO5P. The maximum Gasteiger partial charge on any atom is 0.320 e. The van der Waals surface area contributed by atoms with Gasteiger partial charge in [-0.1, -0.05) is 44.2 Å². The molecule has 3 N–H and O–H groups in total. The number of ether oxygens (including phenoxy) is 1. The molecule has 3 aromatic carbocycles. The van der Waals surface area contributed by atoms with Crippen LogP contribution in [0.5, 0.6) is 17.2 Å². The zero-order chi connectivity index (χ0) is 25.5. The molecule has 0 fully saturated rings. The molecule has 0 saturated heterocycles. The van der Waals surface area contributed by atoms with Crippen molar-refractivity contribution in [2.24, 2.45) is 0 Å². The Morgan fingerprint density at radius 3 is 2.23 bits per heavy atom. The Labute approximate surface area is 208 Å². The first-order chi connectivity index (χ1) is 16.6. The second kappa shape index (κ2) is 12.1. The summed E-state index contributed by atoms with van der Waals surface area (Å²) in [5.74, 6) is 1.01. The third kappa shape index (κ3) is 7.45. The number of hydrogen-bond acceptors (Lipinski definition) is 5. The van der Waals surface area contributed by atoms with Gasteiger partial charge >= 0.3 is 5.97 Å².